The normalized spacial score (nSPS) is 11.1. The number of hydrogen-bond acceptors (Lipinski definition) is 4. The quantitative estimate of drug-likeness (QED) is 0.221. The largest absolute Gasteiger partial charge is 0.481 e. The SMILES string of the molecule is CCCCC(CC)C(=O)O.CCCCC(CC)C(=O)O.CCCCO.CCCCO.[Ti]. The molecule has 4 N–H and O–H groups in total. The number of aliphatic hydroxyl groups is 2. The number of carbonyl (C=O) groups is 2. The maximum Gasteiger partial charge on any atom is 0.306 e. The molecule has 0 aromatic heterocycles. The predicted octanol–water partition coefficient (Wildman–Crippen LogP) is 6.13. The van der Waals surface area contributed by atoms with E-state index in [2.05, 4.69) is 27.7 Å². The minimum atomic E-state index is -0.643. The molecule has 0 spiro atoms. The summed E-state index contributed by atoms with van der Waals surface area (Å²) in [4.78, 5) is 20.9. The second-order valence-corrected chi connectivity index (χ2v) is 7.33. The van der Waals surface area contributed by atoms with Crippen molar-refractivity contribution in [2.24, 2.45) is 11.8 Å². The van der Waals surface area contributed by atoms with Crippen LogP contribution < -0.4 is 0 Å². The molecule has 0 heterocycles. The predicted molar refractivity (Wildman–Crippen MR) is 126 cm³/mol. The number of unbranched alkanes of at least 4 members (excludes halogenated alkanes) is 4. The third-order valence-electron chi connectivity index (χ3n) is 4.52. The van der Waals surface area contributed by atoms with Gasteiger partial charge in [-0.25, -0.2) is 0 Å². The molecule has 0 aliphatic rings. The smallest absolute Gasteiger partial charge is 0.306 e. The zero-order chi connectivity index (χ0) is 24.2. The van der Waals surface area contributed by atoms with Crippen molar-refractivity contribution in [2.45, 2.75) is 119 Å². The maximum absolute atomic E-state index is 10.4. The van der Waals surface area contributed by atoms with Gasteiger partial charge < -0.3 is 20.4 Å². The Morgan fingerprint density at radius 3 is 0.935 bits per heavy atom. The first-order chi connectivity index (χ1) is 14.3. The molecular weight excluding hydrogens is 432 g/mol. The molecule has 0 aliphatic carbocycles. The summed E-state index contributed by atoms with van der Waals surface area (Å²) in [5, 5.41) is 33.3. The van der Waals surface area contributed by atoms with Gasteiger partial charge in [0.05, 0.1) is 11.8 Å². The van der Waals surface area contributed by atoms with Crippen molar-refractivity contribution >= 4 is 11.9 Å². The van der Waals surface area contributed by atoms with Gasteiger partial charge in [0.15, 0.2) is 0 Å². The van der Waals surface area contributed by atoms with E-state index in [9.17, 15) is 9.59 Å². The first kappa shape index (κ1) is 40.9. The van der Waals surface area contributed by atoms with Crippen molar-refractivity contribution in [1.82, 2.24) is 0 Å². The van der Waals surface area contributed by atoms with Crippen LogP contribution in [0.3, 0.4) is 0 Å². The Kier molecular flexibility index (Phi) is 48.7. The summed E-state index contributed by atoms with van der Waals surface area (Å²) < 4.78 is 0. The molecule has 2 unspecified atom stereocenters. The molecule has 0 saturated carbocycles. The molecule has 188 valence electrons. The Morgan fingerprint density at radius 1 is 0.581 bits per heavy atom. The van der Waals surface area contributed by atoms with Crippen LogP contribution in [0.4, 0.5) is 0 Å². The fourth-order valence-corrected chi connectivity index (χ4v) is 2.22. The molecule has 6 nitrogen and oxygen atoms in total. The van der Waals surface area contributed by atoms with Gasteiger partial charge in [-0.2, -0.15) is 0 Å². The second-order valence-electron chi connectivity index (χ2n) is 7.33. The molecule has 31 heavy (non-hydrogen) atoms. The number of aliphatic hydroxyl groups excluding tert-OH is 2. The second kappa shape index (κ2) is 36.9. The Balaban J connectivity index is -0.000000101. The summed E-state index contributed by atoms with van der Waals surface area (Å²) in [7, 11) is 0. The Bertz CT molecular complexity index is 304. The van der Waals surface area contributed by atoms with Crippen LogP contribution in [-0.4, -0.2) is 45.6 Å². The Morgan fingerprint density at radius 2 is 0.839 bits per heavy atom. The van der Waals surface area contributed by atoms with Crippen LogP contribution in [0.15, 0.2) is 0 Å². The van der Waals surface area contributed by atoms with Crippen LogP contribution in [0.25, 0.3) is 0 Å². The van der Waals surface area contributed by atoms with Crippen molar-refractivity contribution < 1.29 is 51.7 Å². The van der Waals surface area contributed by atoms with Gasteiger partial charge >= 0.3 is 11.9 Å². The summed E-state index contributed by atoms with van der Waals surface area (Å²) in [6, 6.07) is 0. The standard InChI is InChI=1S/2C8H16O2.2C4H10O.Ti/c2*1-3-5-6-7(4-2)8(9)10;2*1-2-3-4-5;/h2*7H,3-6H2,1-2H3,(H,9,10);2*5H,2-4H2,1H3;. The zero-order valence-corrected chi connectivity index (χ0v) is 22.7. The van der Waals surface area contributed by atoms with Crippen LogP contribution in [0.2, 0.25) is 0 Å². The van der Waals surface area contributed by atoms with E-state index in [4.69, 9.17) is 20.4 Å². The van der Waals surface area contributed by atoms with E-state index in [1.54, 1.807) is 0 Å². The number of carboxylic acid groups (broad SMARTS) is 2. The molecule has 0 aromatic rings. The van der Waals surface area contributed by atoms with Crippen molar-refractivity contribution in [2.75, 3.05) is 13.2 Å². The van der Waals surface area contributed by atoms with Crippen molar-refractivity contribution in [3.63, 3.8) is 0 Å². The number of carboxylic acids is 2. The monoisotopic (exact) mass is 484 g/mol. The van der Waals surface area contributed by atoms with Crippen LogP contribution in [0.5, 0.6) is 0 Å². The molecule has 7 heteroatoms. The summed E-state index contributed by atoms with van der Waals surface area (Å²) in [5.41, 5.74) is 0. The summed E-state index contributed by atoms with van der Waals surface area (Å²) in [6.07, 6.45) is 11.5. The minimum absolute atomic E-state index is 0. The third-order valence-corrected chi connectivity index (χ3v) is 4.52. The Hall–Kier alpha value is -0.426. The van der Waals surface area contributed by atoms with Crippen molar-refractivity contribution in [3.8, 4) is 0 Å². The molecule has 0 bridgehead atoms. The topological polar surface area (TPSA) is 115 Å². The number of hydrogen-bond donors (Lipinski definition) is 4. The first-order valence-electron chi connectivity index (χ1n) is 11.9. The third kappa shape index (κ3) is 40.5. The average molecular weight is 485 g/mol. The maximum atomic E-state index is 10.4. The van der Waals surface area contributed by atoms with Crippen molar-refractivity contribution in [3.05, 3.63) is 0 Å². The van der Waals surface area contributed by atoms with E-state index in [-0.39, 0.29) is 33.6 Å². The molecule has 0 fully saturated rings. The minimum Gasteiger partial charge on any atom is -0.481 e. The van der Waals surface area contributed by atoms with Crippen molar-refractivity contribution in [1.29, 1.82) is 0 Å². The van der Waals surface area contributed by atoms with Gasteiger partial charge in [-0.15, -0.1) is 0 Å². The fraction of sp³-hybridized carbons (Fsp3) is 0.917. The summed E-state index contributed by atoms with van der Waals surface area (Å²) >= 11 is 0. The molecule has 0 amide bonds. The van der Waals surface area contributed by atoms with E-state index in [0.29, 0.717) is 13.2 Å². The van der Waals surface area contributed by atoms with Gasteiger partial charge in [-0.1, -0.05) is 80.1 Å². The molecule has 0 radical (unpaired) electrons. The number of aliphatic carboxylic acids is 2. The van der Waals surface area contributed by atoms with Crippen LogP contribution in [-0.2, 0) is 31.3 Å². The van der Waals surface area contributed by atoms with Crippen LogP contribution >= 0.6 is 0 Å². The van der Waals surface area contributed by atoms with Gasteiger partial charge in [0, 0.05) is 34.9 Å². The van der Waals surface area contributed by atoms with Crippen LogP contribution in [0.1, 0.15) is 119 Å². The van der Waals surface area contributed by atoms with Gasteiger partial charge in [-0.3, -0.25) is 9.59 Å². The van der Waals surface area contributed by atoms with Crippen LogP contribution in [0, 0.1) is 11.8 Å². The first-order valence-corrected chi connectivity index (χ1v) is 11.9. The molecule has 0 saturated heterocycles. The van der Waals surface area contributed by atoms with E-state index < -0.39 is 11.9 Å². The average Bonchev–Trinajstić information content (AvgIpc) is 2.71. The Labute approximate surface area is 207 Å². The molecule has 0 aliphatic heterocycles. The fourth-order valence-electron chi connectivity index (χ4n) is 2.22. The van der Waals surface area contributed by atoms with E-state index in [0.717, 1.165) is 77.0 Å². The number of rotatable bonds is 14. The van der Waals surface area contributed by atoms with E-state index in [1.807, 2.05) is 13.8 Å². The zero-order valence-electron chi connectivity index (χ0n) is 21.2. The van der Waals surface area contributed by atoms with E-state index in [1.165, 1.54) is 0 Å². The van der Waals surface area contributed by atoms with Gasteiger partial charge in [0.1, 0.15) is 0 Å². The molecule has 2 atom stereocenters. The van der Waals surface area contributed by atoms with Gasteiger partial charge in [0.2, 0.25) is 0 Å². The molecule has 0 aromatic carbocycles. The van der Waals surface area contributed by atoms with Gasteiger partial charge in [-0.05, 0) is 38.5 Å². The van der Waals surface area contributed by atoms with E-state index >= 15 is 0 Å². The summed E-state index contributed by atoms with van der Waals surface area (Å²) in [6.45, 7) is 12.8. The van der Waals surface area contributed by atoms with Gasteiger partial charge in [0.25, 0.3) is 0 Å². The molecule has 0 rings (SSSR count). The molecular formula is C24H52O6Ti. The summed E-state index contributed by atoms with van der Waals surface area (Å²) in [5.74, 6) is -1.51.